The van der Waals surface area contributed by atoms with Gasteiger partial charge in [0, 0.05) is 31.2 Å². The minimum absolute atomic E-state index is 0.0218. The van der Waals surface area contributed by atoms with Crippen molar-refractivity contribution < 1.29 is 27.4 Å². The van der Waals surface area contributed by atoms with E-state index in [4.69, 9.17) is 9.47 Å². The van der Waals surface area contributed by atoms with E-state index in [0.717, 1.165) is 54.0 Å². The van der Waals surface area contributed by atoms with Gasteiger partial charge in [0.15, 0.2) is 0 Å². The number of benzene rings is 1. The first-order chi connectivity index (χ1) is 18.0. The first-order valence-electron chi connectivity index (χ1n) is 13.7. The lowest BCUT2D eigenvalue weighted by Gasteiger charge is -2.29. The second-order valence-corrected chi connectivity index (χ2v) is 10.4. The van der Waals surface area contributed by atoms with Gasteiger partial charge in [0.1, 0.15) is 18.0 Å². The van der Waals surface area contributed by atoms with Crippen LogP contribution in [0.4, 0.5) is 13.2 Å². The lowest BCUT2D eigenvalue weighted by molar-refractivity contribution is -0.146. The van der Waals surface area contributed by atoms with E-state index >= 15 is 0 Å². The molecule has 2 heterocycles. The van der Waals surface area contributed by atoms with Crippen molar-refractivity contribution in [1.82, 2.24) is 14.7 Å². The Hall–Kier alpha value is -2.55. The van der Waals surface area contributed by atoms with Gasteiger partial charge in [-0.2, -0.15) is 18.3 Å². The second-order valence-electron chi connectivity index (χ2n) is 10.4. The molecule has 38 heavy (non-hydrogen) atoms. The van der Waals surface area contributed by atoms with Gasteiger partial charge in [0.05, 0.1) is 18.8 Å². The molecule has 212 valence electrons. The summed E-state index contributed by atoms with van der Waals surface area (Å²) in [5, 5.41) is 4.24. The van der Waals surface area contributed by atoms with Crippen LogP contribution in [0.15, 0.2) is 18.2 Å². The molecular formula is C29H42F3N3O3. The number of ether oxygens (including phenoxy) is 2. The van der Waals surface area contributed by atoms with Gasteiger partial charge in [-0.1, -0.05) is 39.8 Å². The van der Waals surface area contributed by atoms with Crippen LogP contribution in [0.1, 0.15) is 93.4 Å². The number of amides is 1. The molecule has 0 N–H and O–H groups in total. The zero-order valence-corrected chi connectivity index (χ0v) is 23.5. The predicted molar refractivity (Wildman–Crippen MR) is 141 cm³/mol. The first kappa shape index (κ1) is 30.0. The van der Waals surface area contributed by atoms with Gasteiger partial charge in [0.25, 0.3) is 0 Å². The molecule has 1 aliphatic carbocycles. The van der Waals surface area contributed by atoms with Crippen molar-refractivity contribution in [3.05, 3.63) is 46.3 Å². The maximum atomic E-state index is 13.8. The normalized spacial score (nSPS) is 20.8. The van der Waals surface area contributed by atoms with E-state index < -0.39 is 18.4 Å². The maximum Gasteiger partial charge on any atom is 0.433 e. The van der Waals surface area contributed by atoms with Crippen LogP contribution in [0, 0.1) is 12.8 Å². The topological polar surface area (TPSA) is 56.6 Å². The van der Waals surface area contributed by atoms with Crippen molar-refractivity contribution in [3.63, 3.8) is 0 Å². The summed E-state index contributed by atoms with van der Waals surface area (Å²) >= 11 is 0. The number of fused-ring (bicyclic) bond motifs is 1. The number of hydrogen-bond donors (Lipinski definition) is 0. The minimum Gasteiger partial charge on any atom is -0.496 e. The van der Waals surface area contributed by atoms with E-state index in [1.807, 2.05) is 32.0 Å². The Morgan fingerprint density at radius 2 is 1.82 bits per heavy atom. The Labute approximate surface area is 224 Å². The number of methoxy groups -OCH3 is 1. The fraction of sp³-hybridized carbons (Fsp3) is 0.655. The average Bonchev–Trinajstić information content (AvgIpc) is 3.54. The molecule has 1 aromatic carbocycles. The zero-order valence-electron chi connectivity index (χ0n) is 23.5. The highest BCUT2D eigenvalue weighted by Crippen LogP contribution is 2.43. The number of alkyl halides is 3. The lowest BCUT2D eigenvalue weighted by Crippen LogP contribution is -2.36. The Balaban J connectivity index is 0.000000505. The van der Waals surface area contributed by atoms with Crippen molar-refractivity contribution in [2.75, 3.05) is 26.9 Å². The average molecular weight is 538 g/mol. The van der Waals surface area contributed by atoms with Crippen molar-refractivity contribution in [2.24, 2.45) is 5.92 Å². The number of aromatic nitrogens is 2. The van der Waals surface area contributed by atoms with Gasteiger partial charge in [-0.25, -0.2) is 0 Å². The van der Waals surface area contributed by atoms with Crippen LogP contribution >= 0.6 is 0 Å². The third-order valence-electron chi connectivity index (χ3n) is 7.51. The van der Waals surface area contributed by atoms with Crippen LogP contribution in [0.25, 0.3) is 0 Å². The summed E-state index contributed by atoms with van der Waals surface area (Å²) in [5.74, 6) is 0.572. The zero-order chi connectivity index (χ0) is 28.0. The number of likely N-dealkylation sites (tertiary alicyclic amines) is 1. The molecule has 0 bridgehead atoms. The van der Waals surface area contributed by atoms with E-state index in [0.29, 0.717) is 25.1 Å². The maximum absolute atomic E-state index is 13.8. The number of carbonyl (C=O) groups excluding carboxylic acids is 1. The number of nitrogens with zero attached hydrogens (tertiary/aromatic N) is 3. The molecule has 1 aliphatic heterocycles. The lowest BCUT2D eigenvalue weighted by atomic mass is 9.92. The van der Waals surface area contributed by atoms with E-state index in [-0.39, 0.29) is 29.3 Å². The minimum atomic E-state index is -4.54. The molecule has 1 fully saturated rings. The largest absolute Gasteiger partial charge is 0.496 e. The third kappa shape index (κ3) is 6.53. The van der Waals surface area contributed by atoms with Gasteiger partial charge in [0.2, 0.25) is 5.91 Å². The fourth-order valence-electron chi connectivity index (χ4n) is 5.57. The summed E-state index contributed by atoms with van der Waals surface area (Å²) in [7, 11) is 1.60. The van der Waals surface area contributed by atoms with E-state index in [2.05, 4.69) is 25.9 Å². The molecular weight excluding hydrogens is 495 g/mol. The Morgan fingerprint density at radius 1 is 1.13 bits per heavy atom. The van der Waals surface area contributed by atoms with Crippen LogP contribution < -0.4 is 4.74 Å². The monoisotopic (exact) mass is 537 g/mol. The van der Waals surface area contributed by atoms with Gasteiger partial charge in [-0.15, -0.1) is 0 Å². The van der Waals surface area contributed by atoms with Crippen LogP contribution in [-0.4, -0.2) is 47.5 Å². The number of hydrogen-bond acceptors (Lipinski definition) is 4. The predicted octanol–water partition coefficient (Wildman–Crippen LogP) is 6.70. The van der Waals surface area contributed by atoms with Crippen molar-refractivity contribution in [1.29, 1.82) is 0 Å². The van der Waals surface area contributed by atoms with Crippen LogP contribution in [0.2, 0.25) is 0 Å². The molecule has 2 aromatic rings. The van der Waals surface area contributed by atoms with Crippen LogP contribution in [0.3, 0.4) is 0 Å². The van der Waals surface area contributed by atoms with Crippen molar-refractivity contribution in [3.8, 4) is 5.75 Å². The summed E-state index contributed by atoms with van der Waals surface area (Å²) in [6, 6.07) is 5.52. The van der Waals surface area contributed by atoms with Gasteiger partial charge < -0.3 is 14.4 Å². The molecule has 0 radical (unpaired) electrons. The van der Waals surface area contributed by atoms with E-state index in [1.165, 1.54) is 0 Å². The van der Waals surface area contributed by atoms with Crippen LogP contribution in [-0.2, 0) is 28.7 Å². The molecule has 1 aromatic heterocycles. The van der Waals surface area contributed by atoms with Crippen LogP contribution in [0.5, 0.6) is 5.75 Å². The molecule has 1 amide bonds. The fourth-order valence-corrected chi connectivity index (χ4v) is 5.57. The van der Waals surface area contributed by atoms with E-state index in [1.54, 1.807) is 12.0 Å². The first-order valence-corrected chi connectivity index (χ1v) is 13.7. The van der Waals surface area contributed by atoms with Gasteiger partial charge in [-0.3, -0.25) is 9.48 Å². The van der Waals surface area contributed by atoms with E-state index in [9.17, 15) is 18.0 Å². The summed E-state index contributed by atoms with van der Waals surface area (Å²) < 4.78 is 52.9. The summed E-state index contributed by atoms with van der Waals surface area (Å²) in [6.45, 7) is 12.1. The smallest absolute Gasteiger partial charge is 0.433 e. The molecule has 0 spiro atoms. The molecule has 3 unspecified atom stereocenters. The molecule has 2 aliphatic rings. The Morgan fingerprint density at radius 3 is 2.42 bits per heavy atom. The SMILES string of the molecule is CCCOCCC.COc1cccc(C2C(C)CCN2C(=O)Cn2nc3c(c2C(F)(F)F)CCC3C)c1C. The summed E-state index contributed by atoms with van der Waals surface area (Å²) in [5.41, 5.74) is 1.90. The quantitative estimate of drug-likeness (QED) is 0.352. The number of carbonyl (C=O) groups is 1. The highest BCUT2D eigenvalue weighted by molar-refractivity contribution is 5.77. The second kappa shape index (κ2) is 13.0. The molecule has 4 rings (SSSR count). The van der Waals surface area contributed by atoms with Crippen molar-refractivity contribution >= 4 is 5.91 Å². The molecule has 1 saturated heterocycles. The van der Waals surface area contributed by atoms with Gasteiger partial charge in [-0.05, 0) is 62.1 Å². The number of halogens is 3. The summed E-state index contributed by atoms with van der Waals surface area (Å²) in [4.78, 5) is 15.0. The number of rotatable bonds is 8. The third-order valence-corrected chi connectivity index (χ3v) is 7.51. The molecule has 3 atom stereocenters. The van der Waals surface area contributed by atoms with Crippen molar-refractivity contribution in [2.45, 2.75) is 91.4 Å². The Kier molecular flexibility index (Phi) is 10.3. The standard InChI is InChI=1S/C23H28F3N3O2.C6H14O/c1-13-8-9-17-20(13)27-29(22(17)23(24,25)26)12-19(30)28-11-10-14(2)21(28)16-6-5-7-18(31-4)15(16)3;1-3-5-7-6-4-2/h5-7,13-14,21H,8-12H2,1-4H3;3-6H2,1-2H3. The molecule has 9 heteroatoms. The molecule has 6 nitrogen and oxygen atoms in total. The highest BCUT2D eigenvalue weighted by Gasteiger charge is 2.43. The summed E-state index contributed by atoms with van der Waals surface area (Å²) in [6.07, 6.45) is -0.444. The molecule has 0 saturated carbocycles. The Bertz CT molecular complexity index is 1080. The van der Waals surface area contributed by atoms with Gasteiger partial charge >= 0.3 is 6.18 Å². The highest BCUT2D eigenvalue weighted by atomic mass is 19.4.